The molecule has 0 radical (unpaired) electrons. The Hall–Kier alpha value is 0.0938. The molecule has 4 aliphatic carbocycles. The van der Waals surface area contributed by atoms with E-state index >= 15 is 0 Å². The fourth-order valence-corrected chi connectivity index (χ4v) is 12.4. The van der Waals surface area contributed by atoms with Crippen molar-refractivity contribution in [3.8, 4) is 0 Å². The molecule has 4 aliphatic rings. The molecule has 4 heteroatoms. The van der Waals surface area contributed by atoms with Crippen molar-refractivity contribution in [2.75, 3.05) is 6.61 Å². The number of hydrogen-bond acceptors (Lipinski definition) is 2. The predicted molar refractivity (Wildman–Crippen MR) is 193 cm³/mol. The summed E-state index contributed by atoms with van der Waals surface area (Å²) in [5.41, 5.74) is 1.01. The summed E-state index contributed by atoms with van der Waals surface area (Å²) < 4.78 is 13.6. The van der Waals surface area contributed by atoms with Crippen LogP contribution in [0.1, 0.15) is 133 Å². The van der Waals surface area contributed by atoms with Gasteiger partial charge >= 0.3 is 0 Å². The van der Waals surface area contributed by atoms with Crippen molar-refractivity contribution in [3.63, 3.8) is 0 Å². The molecule has 250 valence electrons. The fourth-order valence-electron chi connectivity index (χ4n) is 9.90. The molecule has 0 aromatic heterocycles. The highest BCUT2D eigenvalue weighted by Crippen LogP contribution is 2.67. The van der Waals surface area contributed by atoms with E-state index < -0.39 is 16.6 Å². The number of allylic oxidation sites excluding steroid dienone is 2. The summed E-state index contributed by atoms with van der Waals surface area (Å²) in [4.78, 5) is 0. The summed E-state index contributed by atoms with van der Waals surface area (Å²) >= 11 is 0. The molecule has 10 atom stereocenters. The highest BCUT2D eigenvalue weighted by molar-refractivity contribution is 6.74. The quantitative estimate of drug-likeness (QED) is 0.177. The third-order valence-corrected chi connectivity index (χ3v) is 24.1. The summed E-state index contributed by atoms with van der Waals surface area (Å²) in [6.07, 6.45) is 19.7. The van der Waals surface area contributed by atoms with Gasteiger partial charge in [0.05, 0.1) is 0 Å². The van der Waals surface area contributed by atoms with Gasteiger partial charge in [-0.05, 0) is 140 Å². The maximum Gasteiger partial charge on any atom is 0.192 e. The lowest BCUT2D eigenvalue weighted by Crippen LogP contribution is -2.53. The Morgan fingerprint density at radius 2 is 1.37 bits per heavy atom. The van der Waals surface area contributed by atoms with Crippen LogP contribution in [0, 0.1) is 52.3 Å². The molecule has 5 unspecified atom stereocenters. The Kier molecular flexibility index (Phi) is 10.5. The molecule has 0 aromatic rings. The first-order valence-corrected chi connectivity index (χ1v) is 24.4. The molecule has 3 saturated carbocycles. The third kappa shape index (κ3) is 7.18. The molecule has 2 nitrogen and oxygen atoms in total. The minimum atomic E-state index is -1.72. The number of rotatable bonds is 10. The zero-order valence-corrected chi connectivity index (χ0v) is 33.4. The number of hydrogen-bond donors (Lipinski definition) is 0. The molecule has 4 rings (SSSR count). The topological polar surface area (TPSA) is 18.5 Å². The van der Waals surface area contributed by atoms with E-state index in [1.807, 2.05) is 0 Å². The molecule has 43 heavy (non-hydrogen) atoms. The first kappa shape index (κ1) is 35.9. The minimum absolute atomic E-state index is 0.294. The van der Waals surface area contributed by atoms with Gasteiger partial charge < -0.3 is 8.85 Å². The summed E-state index contributed by atoms with van der Waals surface area (Å²) in [6, 6.07) is 0. The second-order valence-electron chi connectivity index (χ2n) is 19.9. The van der Waals surface area contributed by atoms with Crippen LogP contribution >= 0.6 is 0 Å². The van der Waals surface area contributed by atoms with Crippen LogP contribution in [-0.2, 0) is 8.85 Å². The van der Waals surface area contributed by atoms with E-state index in [0.717, 1.165) is 36.2 Å². The van der Waals surface area contributed by atoms with E-state index in [4.69, 9.17) is 8.85 Å². The van der Waals surface area contributed by atoms with Crippen LogP contribution < -0.4 is 0 Å². The second kappa shape index (κ2) is 12.6. The molecule has 0 amide bonds. The van der Waals surface area contributed by atoms with Crippen molar-refractivity contribution in [3.05, 3.63) is 12.2 Å². The molecule has 0 bridgehead atoms. The molecule has 3 fully saturated rings. The Bertz CT molecular complexity index is 973. The van der Waals surface area contributed by atoms with Crippen LogP contribution in [0.3, 0.4) is 0 Å². The summed E-state index contributed by atoms with van der Waals surface area (Å²) in [7, 11) is -3.36. The highest BCUT2D eigenvalue weighted by Gasteiger charge is 2.59. The van der Waals surface area contributed by atoms with Gasteiger partial charge in [0.25, 0.3) is 0 Å². The van der Waals surface area contributed by atoms with Gasteiger partial charge in [0.15, 0.2) is 16.6 Å². The monoisotopic (exact) mass is 631 g/mol. The maximum absolute atomic E-state index is 6.99. The van der Waals surface area contributed by atoms with Gasteiger partial charge in [-0.1, -0.05) is 94.2 Å². The Morgan fingerprint density at radius 3 is 2.00 bits per heavy atom. The van der Waals surface area contributed by atoms with Gasteiger partial charge in [-0.15, -0.1) is 0 Å². The first-order valence-electron chi connectivity index (χ1n) is 18.6. The molecule has 0 N–H and O–H groups in total. The standard InChI is InChI=1S/C39H74O2Si2/c1-28(27-40-42(11,12)36(3,4)5)16-15-17-29(2)33-20-21-34-32-19-18-30-26-31(41-43(13,14)37(6,7)8)22-24-38(30,9)35(32)23-25-39(33,34)10/h18-19,28-35H,15-17,20-27H2,1-14H3/t28?,29-,30+,31+,32?,33?,34?,35?,38+,39-/m1/s1. The van der Waals surface area contributed by atoms with Gasteiger partial charge in [0.2, 0.25) is 0 Å². The zero-order valence-electron chi connectivity index (χ0n) is 31.4. The lowest BCUT2D eigenvalue weighted by Gasteiger charge is -2.59. The van der Waals surface area contributed by atoms with Gasteiger partial charge in [-0.2, -0.15) is 0 Å². The van der Waals surface area contributed by atoms with E-state index in [1.54, 1.807) is 0 Å². The average Bonchev–Trinajstić information content (AvgIpc) is 3.23. The van der Waals surface area contributed by atoms with Crippen LogP contribution in [-0.4, -0.2) is 29.3 Å². The lowest BCUT2D eigenvalue weighted by atomic mass is 9.46. The smallest absolute Gasteiger partial charge is 0.192 e. The van der Waals surface area contributed by atoms with Crippen molar-refractivity contribution >= 4 is 16.6 Å². The minimum Gasteiger partial charge on any atom is -0.417 e. The van der Waals surface area contributed by atoms with E-state index in [2.05, 4.69) is 108 Å². The van der Waals surface area contributed by atoms with Gasteiger partial charge in [-0.25, -0.2) is 0 Å². The Balaban J connectivity index is 1.33. The summed E-state index contributed by atoms with van der Waals surface area (Å²) in [6.45, 7) is 35.3. The van der Waals surface area contributed by atoms with Crippen LogP contribution in [0.5, 0.6) is 0 Å². The first-order chi connectivity index (χ1) is 19.6. The van der Waals surface area contributed by atoms with E-state index in [9.17, 15) is 0 Å². The SMILES string of the molecule is CC(CCC[C@@H](C)C1CCC2C3C=C[C@H]4C[C@@H](O[Si](C)(C)C(C)(C)C)CC[C@]4(C)C3CC[C@@]21C)CO[Si](C)(C)C(C)(C)C. The molecule has 0 aromatic carbocycles. The van der Waals surface area contributed by atoms with Crippen molar-refractivity contribution in [1.82, 2.24) is 0 Å². The van der Waals surface area contributed by atoms with Gasteiger partial charge in [0.1, 0.15) is 0 Å². The predicted octanol–water partition coefficient (Wildman–Crippen LogP) is 12.3. The van der Waals surface area contributed by atoms with Gasteiger partial charge in [0, 0.05) is 12.7 Å². The molecular weight excluding hydrogens is 557 g/mol. The van der Waals surface area contributed by atoms with Crippen molar-refractivity contribution < 1.29 is 8.85 Å². The summed E-state index contributed by atoms with van der Waals surface area (Å²) in [5.74, 6) is 5.72. The summed E-state index contributed by atoms with van der Waals surface area (Å²) in [5, 5.41) is 0.599. The van der Waals surface area contributed by atoms with E-state index in [0.29, 0.717) is 38.8 Å². The lowest BCUT2D eigenvalue weighted by molar-refractivity contribution is -0.0796. The Labute approximate surface area is 271 Å². The normalized spacial score (nSPS) is 38.3. The fraction of sp³-hybridized carbons (Fsp3) is 0.949. The van der Waals surface area contributed by atoms with Crippen LogP contribution in [0.4, 0.5) is 0 Å². The van der Waals surface area contributed by atoms with Crippen LogP contribution in [0.2, 0.25) is 36.3 Å². The Morgan fingerprint density at radius 1 is 0.767 bits per heavy atom. The molecule has 0 saturated heterocycles. The second-order valence-corrected chi connectivity index (χ2v) is 29.4. The van der Waals surface area contributed by atoms with E-state index in [-0.39, 0.29) is 0 Å². The van der Waals surface area contributed by atoms with Gasteiger partial charge in [-0.3, -0.25) is 0 Å². The zero-order chi connectivity index (χ0) is 32.2. The molecule has 0 spiro atoms. The highest BCUT2D eigenvalue weighted by atomic mass is 28.4. The van der Waals surface area contributed by atoms with E-state index in [1.165, 1.54) is 64.2 Å². The third-order valence-electron chi connectivity index (χ3n) is 15.0. The number of fused-ring (bicyclic) bond motifs is 5. The maximum atomic E-state index is 6.99. The molecular formula is C39H74O2Si2. The van der Waals surface area contributed by atoms with Crippen molar-refractivity contribution in [1.29, 1.82) is 0 Å². The van der Waals surface area contributed by atoms with Crippen LogP contribution in [0.25, 0.3) is 0 Å². The molecule has 0 aliphatic heterocycles. The van der Waals surface area contributed by atoms with Crippen molar-refractivity contribution in [2.45, 2.75) is 176 Å². The van der Waals surface area contributed by atoms with Crippen LogP contribution in [0.15, 0.2) is 12.2 Å². The largest absolute Gasteiger partial charge is 0.417 e. The van der Waals surface area contributed by atoms with Crippen molar-refractivity contribution in [2.24, 2.45) is 52.3 Å². The average molecular weight is 631 g/mol. The molecule has 0 heterocycles.